The lowest BCUT2D eigenvalue weighted by atomic mass is 10.1. The van der Waals surface area contributed by atoms with Crippen LogP contribution in [0.3, 0.4) is 0 Å². The maximum atomic E-state index is 6.21. The number of para-hydroxylation sites is 1. The molecule has 2 aromatic carbocycles. The predicted octanol–water partition coefficient (Wildman–Crippen LogP) is 6.68. The van der Waals surface area contributed by atoms with E-state index in [-0.39, 0.29) is 0 Å². The zero-order chi connectivity index (χ0) is 20.5. The Hall–Kier alpha value is -2.81. The van der Waals surface area contributed by atoms with Crippen LogP contribution in [0.5, 0.6) is 5.75 Å². The first-order valence-corrected chi connectivity index (χ1v) is 11.5. The van der Waals surface area contributed by atoms with E-state index in [9.17, 15) is 0 Å². The molecule has 0 unspecified atom stereocenters. The van der Waals surface area contributed by atoms with Crippen LogP contribution in [0, 0.1) is 0 Å². The minimum absolute atomic E-state index is 0.457. The quantitative estimate of drug-likeness (QED) is 0.278. The molecule has 0 radical (unpaired) electrons. The molecule has 0 aliphatic heterocycles. The van der Waals surface area contributed by atoms with Gasteiger partial charge in [0.1, 0.15) is 5.01 Å². The van der Waals surface area contributed by atoms with Gasteiger partial charge in [-0.3, -0.25) is 0 Å². The third kappa shape index (κ3) is 3.69. The van der Waals surface area contributed by atoms with Crippen molar-refractivity contribution in [3.05, 3.63) is 75.5 Å². The highest BCUT2D eigenvalue weighted by Gasteiger charge is 2.14. The summed E-state index contributed by atoms with van der Waals surface area (Å²) in [6.45, 7) is 0. The molecule has 0 saturated heterocycles. The van der Waals surface area contributed by atoms with Gasteiger partial charge < -0.3 is 9.15 Å². The summed E-state index contributed by atoms with van der Waals surface area (Å²) in [4.78, 5) is 13.8. The van der Waals surface area contributed by atoms with Crippen molar-refractivity contribution in [2.45, 2.75) is 0 Å². The third-order valence-corrected chi connectivity index (χ3v) is 6.52. The Morgan fingerprint density at radius 1 is 1.10 bits per heavy atom. The van der Waals surface area contributed by atoms with Crippen LogP contribution in [0.15, 0.2) is 79.4 Å². The Morgan fingerprint density at radius 2 is 1.97 bits per heavy atom. The molecule has 30 heavy (non-hydrogen) atoms. The van der Waals surface area contributed by atoms with Gasteiger partial charge in [-0.2, -0.15) is 4.99 Å². The number of aromatic nitrogens is 2. The molecule has 148 valence electrons. The van der Waals surface area contributed by atoms with E-state index in [1.807, 2.05) is 59.3 Å². The molecule has 0 fully saturated rings. The van der Waals surface area contributed by atoms with Crippen molar-refractivity contribution in [3.8, 4) is 27.6 Å². The van der Waals surface area contributed by atoms with E-state index in [1.165, 1.54) is 11.3 Å². The van der Waals surface area contributed by atoms with Gasteiger partial charge in [-0.1, -0.05) is 40.2 Å². The van der Waals surface area contributed by atoms with Crippen LogP contribution >= 0.6 is 38.6 Å². The fraction of sp³-hybridized carbons (Fsp3) is 0.0455. The van der Waals surface area contributed by atoms with Crippen LogP contribution in [0.4, 0.5) is 5.13 Å². The average Bonchev–Trinajstić information content (AvgIpc) is 3.46. The molecule has 0 spiro atoms. The number of hydrogen-bond donors (Lipinski definition) is 0. The van der Waals surface area contributed by atoms with Crippen LogP contribution < -0.4 is 10.3 Å². The Kier molecular flexibility index (Phi) is 5.20. The summed E-state index contributed by atoms with van der Waals surface area (Å²) in [6, 6.07) is 15.9. The topological polar surface area (TPSA) is 60.5 Å². The molecule has 0 saturated carbocycles. The predicted molar refractivity (Wildman–Crippen MR) is 124 cm³/mol. The van der Waals surface area contributed by atoms with Crippen LogP contribution in [-0.4, -0.2) is 17.1 Å². The molecule has 3 aromatic heterocycles. The molecular weight excluding hydrogens is 482 g/mol. The van der Waals surface area contributed by atoms with E-state index in [2.05, 4.69) is 25.9 Å². The fourth-order valence-electron chi connectivity index (χ4n) is 3.03. The minimum Gasteiger partial charge on any atom is -0.493 e. The number of fused-ring (bicyclic) bond motifs is 1. The molecule has 5 nitrogen and oxygen atoms in total. The number of hydrogen-bond acceptors (Lipinski definition) is 7. The normalized spacial score (nSPS) is 11.9. The Bertz CT molecular complexity index is 1390. The number of thiazole rings is 2. The first-order chi connectivity index (χ1) is 14.7. The second-order valence-corrected chi connectivity index (χ2v) is 8.96. The molecule has 0 amide bonds. The summed E-state index contributed by atoms with van der Waals surface area (Å²) < 4.78 is 12.7. The van der Waals surface area contributed by atoms with Crippen molar-refractivity contribution in [2.24, 2.45) is 4.99 Å². The van der Waals surface area contributed by atoms with Crippen molar-refractivity contribution < 1.29 is 9.15 Å². The highest BCUT2D eigenvalue weighted by atomic mass is 79.9. The van der Waals surface area contributed by atoms with Gasteiger partial charge in [0.05, 0.1) is 18.4 Å². The van der Waals surface area contributed by atoms with Crippen molar-refractivity contribution in [3.63, 3.8) is 0 Å². The smallest absolute Gasteiger partial charge is 0.232 e. The van der Waals surface area contributed by atoms with Gasteiger partial charge in [0, 0.05) is 32.4 Å². The SMILES string of the molecule is COc1cccc2cc(-c3nc(-c4ccc(Br)cc4)cs3)/c(=N/c3nccs3)oc12. The lowest BCUT2D eigenvalue weighted by Gasteiger charge is -2.06. The van der Waals surface area contributed by atoms with Gasteiger partial charge in [0.15, 0.2) is 11.3 Å². The van der Waals surface area contributed by atoms with Gasteiger partial charge in [0.25, 0.3) is 0 Å². The highest BCUT2D eigenvalue weighted by molar-refractivity contribution is 9.10. The Labute approximate surface area is 188 Å². The molecule has 3 heterocycles. The highest BCUT2D eigenvalue weighted by Crippen LogP contribution is 2.32. The minimum atomic E-state index is 0.457. The summed E-state index contributed by atoms with van der Waals surface area (Å²) in [6.07, 6.45) is 1.72. The molecule has 0 atom stereocenters. The number of halogens is 1. The van der Waals surface area contributed by atoms with Gasteiger partial charge in [-0.25, -0.2) is 9.97 Å². The fourth-order valence-corrected chi connectivity index (χ4v) is 4.63. The molecule has 8 heteroatoms. The summed E-state index contributed by atoms with van der Waals surface area (Å²) in [5.74, 6) is 0.657. The van der Waals surface area contributed by atoms with E-state index in [0.717, 1.165) is 31.7 Å². The Balaban J connectivity index is 1.71. The number of rotatable bonds is 4. The van der Waals surface area contributed by atoms with Gasteiger partial charge >= 0.3 is 0 Å². The number of ether oxygens (including phenoxy) is 1. The van der Waals surface area contributed by atoms with E-state index < -0.39 is 0 Å². The van der Waals surface area contributed by atoms with Crippen LogP contribution in [0.2, 0.25) is 0 Å². The van der Waals surface area contributed by atoms with Crippen LogP contribution in [0.1, 0.15) is 0 Å². The molecule has 5 aromatic rings. The largest absolute Gasteiger partial charge is 0.493 e. The maximum absolute atomic E-state index is 6.21. The zero-order valence-corrected chi connectivity index (χ0v) is 18.9. The van der Waals surface area contributed by atoms with E-state index in [1.54, 1.807) is 24.6 Å². The molecular formula is C22H14BrN3O2S2. The van der Waals surface area contributed by atoms with Crippen molar-refractivity contribution >= 4 is 54.7 Å². The lowest BCUT2D eigenvalue weighted by molar-refractivity contribution is 0.406. The zero-order valence-electron chi connectivity index (χ0n) is 15.7. The van der Waals surface area contributed by atoms with Gasteiger partial charge in [0.2, 0.25) is 10.7 Å². The average molecular weight is 496 g/mol. The summed E-state index contributed by atoms with van der Waals surface area (Å²) in [5, 5.41) is 6.30. The first kappa shape index (κ1) is 19.2. The molecule has 5 rings (SSSR count). The van der Waals surface area contributed by atoms with Crippen molar-refractivity contribution in [1.82, 2.24) is 9.97 Å². The van der Waals surface area contributed by atoms with E-state index in [0.29, 0.717) is 22.0 Å². The third-order valence-electron chi connectivity index (χ3n) is 4.45. The van der Waals surface area contributed by atoms with Gasteiger partial charge in [-0.05, 0) is 24.3 Å². The standard InChI is InChI=1S/C22H14BrN3O2S2/c1-27-18-4-2-3-14-11-16(20(28-19(14)18)26-22-24-9-10-29-22)21-25-17(12-30-21)13-5-7-15(23)8-6-13/h2-12H,1H3/b26-20-. The molecule has 0 aliphatic carbocycles. The monoisotopic (exact) mass is 495 g/mol. The van der Waals surface area contributed by atoms with E-state index in [4.69, 9.17) is 14.1 Å². The molecule has 0 N–H and O–H groups in total. The summed E-state index contributed by atoms with van der Waals surface area (Å²) in [7, 11) is 1.63. The summed E-state index contributed by atoms with van der Waals surface area (Å²) >= 11 is 6.48. The Morgan fingerprint density at radius 3 is 2.73 bits per heavy atom. The number of methoxy groups -OCH3 is 1. The number of benzene rings is 2. The first-order valence-electron chi connectivity index (χ1n) is 8.98. The second kappa shape index (κ2) is 8.14. The van der Waals surface area contributed by atoms with Crippen molar-refractivity contribution in [1.29, 1.82) is 0 Å². The second-order valence-electron chi connectivity index (χ2n) is 6.32. The number of nitrogens with zero attached hydrogens (tertiary/aromatic N) is 3. The molecule has 0 bridgehead atoms. The van der Waals surface area contributed by atoms with Gasteiger partial charge in [-0.15, -0.1) is 22.7 Å². The maximum Gasteiger partial charge on any atom is 0.232 e. The van der Waals surface area contributed by atoms with Crippen LogP contribution in [0.25, 0.3) is 32.8 Å². The summed E-state index contributed by atoms with van der Waals surface area (Å²) in [5.41, 5.74) is 3.88. The van der Waals surface area contributed by atoms with Crippen LogP contribution in [-0.2, 0) is 0 Å². The lowest BCUT2D eigenvalue weighted by Crippen LogP contribution is -2.05. The molecule has 0 aliphatic rings. The van der Waals surface area contributed by atoms with E-state index >= 15 is 0 Å². The van der Waals surface area contributed by atoms with Crippen molar-refractivity contribution in [2.75, 3.05) is 7.11 Å².